The van der Waals surface area contributed by atoms with Crippen LogP contribution in [-0.2, 0) is 13.5 Å². The van der Waals surface area contributed by atoms with Gasteiger partial charge >= 0.3 is 6.36 Å². The number of halogens is 3. The number of aromatic nitrogens is 1. The lowest BCUT2D eigenvalue weighted by Crippen LogP contribution is -2.33. The SMILES string of the molecule is Cn1c2c(ccc1=O)C(NC(=O)c1ccc(OC(F)(F)F)cc1)CCC2. The summed E-state index contributed by atoms with van der Waals surface area (Å²) in [6.07, 6.45) is -2.46. The van der Waals surface area contributed by atoms with Crippen LogP contribution in [0.3, 0.4) is 0 Å². The van der Waals surface area contributed by atoms with E-state index < -0.39 is 12.3 Å². The fraction of sp³-hybridized carbons (Fsp3) is 0.333. The number of nitrogens with one attached hydrogen (secondary N) is 1. The largest absolute Gasteiger partial charge is 0.573 e. The summed E-state index contributed by atoms with van der Waals surface area (Å²) >= 11 is 0. The number of carbonyl (C=O) groups excluding carboxylic acids is 1. The lowest BCUT2D eigenvalue weighted by molar-refractivity contribution is -0.274. The van der Waals surface area contributed by atoms with E-state index in [1.165, 1.54) is 18.2 Å². The van der Waals surface area contributed by atoms with Crippen molar-refractivity contribution in [2.45, 2.75) is 31.7 Å². The van der Waals surface area contributed by atoms with Gasteiger partial charge in [0.15, 0.2) is 0 Å². The minimum absolute atomic E-state index is 0.101. The number of hydrogen-bond acceptors (Lipinski definition) is 3. The summed E-state index contributed by atoms with van der Waals surface area (Å²) in [4.78, 5) is 24.2. The average molecular weight is 366 g/mol. The van der Waals surface area contributed by atoms with Gasteiger partial charge in [0, 0.05) is 24.4 Å². The Morgan fingerprint density at radius 3 is 2.54 bits per heavy atom. The fourth-order valence-corrected chi connectivity index (χ4v) is 3.15. The zero-order chi connectivity index (χ0) is 18.9. The Bertz CT molecular complexity index is 873. The molecule has 138 valence electrons. The number of pyridine rings is 1. The van der Waals surface area contributed by atoms with Crippen molar-refractivity contribution >= 4 is 5.91 Å². The van der Waals surface area contributed by atoms with E-state index in [9.17, 15) is 22.8 Å². The first-order valence-electron chi connectivity index (χ1n) is 8.10. The summed E-state index contributed by atoms with van der Waals surface area (Å²) in [5, 5.41) is 2.89. The number of carbonyl (C=O) groups is 1. The summed E-state index contributed by atoms with van der Waals surface area (Å²) in [5.41, 5.74) is 1.92. The molecule has 1 aliphatic carbocycles. The molecule has 0 saturated heterocycles. The number of ether oxygens (including phenoxy) is 1. The second-order valence-corrected chi connectivity index (χ2v) is 6.12. The first kappa shape index (κ1) is 18.0. The summed E-state index contributed by atoms with van der Waals surface area (Å²) in [7, 11) is 1.70. The Kier molecular flexibility index (Phi) is 4.76. The van der Waals surface area contributed by atoms with Crippen LogP contribution in [0, 0.1) is 0 Å². The van der Waals surface area contributed by atoms with Crippen LogP contribution < -0.4 is 15.6 Å². The summed E-state index contributed by atoms with van der Waals surface area (Å²) in [6.45, 7) is 0. The molecule has 0 saturated carbocycles. The minimum Gasteiger partial charge on any atom is -0.406 e. The van der Waals surface area contributed by atoms with Crippen molar-refractivity contribution in [1.29, 1.82) is 0 Å². The third-order valence-electron chi connectivity index (χ3n) is 4.41. The fourth-order valence-electron chi connectivity index (χ4n) is 3.15. The van der Waals surface area contributed by atoms with Crippen molar-refractivity contribution in [2.24, 2.45) is 7.05 Å². The van der Waals surface area contributed by atoms with E-state index in [4.69, 9.17) is 0 Å². The molecule has 3 rings (SSSR count). The average Bonchev–Trinajstić information content (AvgIpc) is 2.58. The summed E-state index contributed by atoms with van der Waals surface area (Å²) in [6, 6.07) is 7.70. The second-order valence-electron chi connectivity index (χ2n) is 6.12. The predicted octanol–water partition coefficient (Wildman–Crippen LogP) is 3.09. The van der Waals surface area contributed by atoms with Crippen LogP contribution in [0.4, 0.5) is 13.2 Å². The lowest BCUT2D eigenvalue weighted by atomic mass is 9.90. The van der Waals surface area contributed by atoms with Gasteiger partial charge in [0.2, 0.25) is 5.56 Å². The standard InChI is InChI=1S/C18H17F3N2O3/c1-23-15-4-2-3-14(13(15)9-10-16(23)24)22-17(25)11-5-7-12(8-6-11)26-18(19,20)21/h5-10,14H,2-4H2,1H3,(H,22,25). The second kappa shape index (κ2) is 6.86. The molecule has 2 aromatic rings. The normalized spacial score (nSPS) is 16.7. The molecule has 1 atom stereocenters. The topological polar surface area (TPSA) is 60.3 Å². The number of fused-ring (bicyclic) bond motifs is 1. The molecule has 8 heteroatoms. The van der Waals surface area contributed by atoms with Crippen LogP contribution in [0.15, 0.2) is 41.2 Å². The molecule has 26 heavy (non-hydrogen) atoms. The van der Waals surface area contributed by atoms with Crippen LogP contribution >= 0.6 is 0 Å². The van der Waals surface area contributed by atoms with Gasteiger partial charge in [-0.25, -0.2) is 0 Å². The Morgan fingerprint density at radius 1 is 1.19 bits per heavy atom. The van der Waals surface area contributed by atoms with E-state index in [2.05, 4.69) is 10.1 Å². The summed E-state index contributed by atoms with van der Waals surface area (Å²) < 4.78 is 41.9. The van der Waals surface area contributed by atoms with Gasteiger partial charge in [0.1, 0.15) is 5.75 Å². The first-order chi connectivity index (χ1) is 12.2. The smallest absolute Gasteiger partial charge is 0.406 e. The maximum Gasteiger partial charge on any atom is 0.573 e. The number of nitrogens with zero attached hydrogens (tertiary/aromatic N) is 1. The van der Waals surface area contributed by atoms with Crippen LogP contribution in [0.25, 0.3) is 0 Å². The molecule has 1 unspecified atom stereocenters. The van der Waals surface area contributed by atoms with Crippen LogP contribution in [-0.4, -0.2) is 16.8 Å². The Balaban J connectivity index is 1.75. The number of rotatable bonds is 3. The molecule has 1 N–H and O–H groups in total. The summed E-state index contributed by atoms with van der Waals surface area (Å²) in [5.74, 6) is -0.776. The highest BCUT2D eigenvalue weighted by Crippen LogP contribution is 2.29. The molecule has 0 aliphatic heterocycles. The highest BCUT2D eigenvalue weighted by Gasteiger charge is 2.31. The van der Waals surface area contributed by atoms with Crippen molar-refractivity contribution in [3.63, 3.8) is 0 Å². The molecular formula is C18H17F3N2O3. The van der Waals surface area contributed by atoms with Gasteiger partial charge < -0.3 is 14.6 Å². The van der Waals surface area contributed by atoms with Crippen molar-refractivity contribution in [3.05, 3.63) is 63.6 Å². The van der Waals surface area contributed by atoms with E-state index in [1.54, 1.807) is 17.7 Å². The molecule has 1 aromatic heterocycles. The molecule has 0 radical (unpaired) electrons. The quantitative estimate of drug-likeness (QED) is 0.908. The number of benzene rings is 1. The van der Waals surface area contributed by atoms with Gasteiger partial charge in [0.25, 0.3) is 5.91 Å². The van der Waals surface area contributed by atoms with E-state index in [1.807, 2.05) is 0 Å². The Hall–Kier alpha value is -2.77. The van der Waals surface area contributed by atoms with E-state index in [-0.39, 0.29) is 22.9 Å². The van der Waals surface area contributed by atoms with Gasteiger partial charge in [-0.05, 0) is 55.2 Å². The molecule has 1 aliphatic rings. The van der Waals surface area contributed by atoms with Gasteiger partial charge in [0.05, 0.1) is 6.04 Å². The molecule has 5 nitrogen and oxygen atoms in total. The van der Waals surface area contributed by atoms with Gasteiger partial charge in [-0.2, -0.15) is 0 Å². The van der Waals surface area contributed by atoms with Crippen molar-refractivity contribution in [1.82, 2.24) is 9.88 Å². The molecule has 1 heterocycles. The molecule has 0 bridgehead atoms. The third kappa shape index (κ3) is 3.89. The van der Waals surface area contributed by atoms with E-state index in [0.29, 0.717) is 0 Å². The maximum atomic E-state index is 12.4. The lowest BCUT2D eigenvalue weighted by Gasteiger charge is -2.27. The molecule has 0 fully saturated rings. The Labute approximate surface area is 147 Å². The number of alkyl halides is 3. The maximum absolute atomic E-state index is 12.4. The highest BCUT2D eigenvalue weighted by atomic mass is 19.4. The van der Waals surface area contributed by atoms with Crippen LogP contribution in [0.1, 0.15) is 40.5 Å². The zero-order valence-corrected chi connectivity index (χ0v) is 14.0. The minimum atomic E-state index is -4.77. The number of amides is 1. The van der Waals surface area contributed by atoms with Crippen LogP contribution in [0.5, 0.6) is 5.75 Å². The molecule has 1 amide bonds. The van der Waals surface area contributed by atoms with E-state index >= 15 is 0 Å². The van der Waals surface area contributed by atoms with Gasteiger partial charge in [-0.15, -0.1) is 13.2 Å². The zero-order valence-electron chi connectivity index (χ0n) is 14.0. The van der Waals surface area contributed by atoms with Crippen LogP contribution in [0.2, 0.25) is 0 Å². The van der Waals surface area contributed by atoms with Crippen molar-refractivity contribution < 1.29 is 22.7 Å². The van der Waals surface area contributed by atoms with Crippen molar-refractivity contribution in [3.8, 4) is 5.75 Å². The van der Waals surface area contributed by atoms with Crippen molar-refractivity contribution in [2.75, 3.05) is 0 Å². The number of hydrogen-bond donors (Lipinski definition) is 1. The molecular weight excluding hydrogens is 349 g/mol. The Morgan fingerprint density at radius 2 is 1.88 bits per heavy atom. The van der Waals surface area contributed by atoms with E-state index in [0.717, 1.165) is 42.7 Å². The first-order valence-corrected chi connectivity index (χ1v) is 8.10. The predicted molar refractivity (Wildman–Crippen MR) is 88.0 cm³/mol. The van der Waals surface area contributed by atoms with Gasteiger partial charge in [-0.1, -0.05) is 0 Å². The monoisotopic (exact) mass is 366 g/mol. The highest BCUT2D eigenvalue weighted by molar-refractivity contribution is 5.94. The molecule has 0 spiro atoms. The molecule has 1 aromatic carbocycles. The van der Waals surface area contributed by atoms with Gasteiger partial charge in [-0.3, -0.25) is 9.59 Å². The third-order valence-corrected chi connectivity index (χ3v) is 4.41.